The second-order valence-electron chi connectivity index (χ2n) is 0.650. The van der Waals surface area contributed by atoms with Crippen molar-refractivity contribution in [2.24, 2.45) is 0 Å². The number of nitrogens with one attached hydrogen (secondary N) is 1. The van der Waals surface area contributed by atoms with Crippen molar-refractivity contribution in [1.29, 1.82) is 5.41 Å². The maximum Gasteiger partial charge on any atom is 0.231 e. The summed E-state index contributed by atoms with van der Waals surface area (Å²) < 4.78 is 0. The average molecular weight is 175 g/mol. The lowest BCUT2D eigenvalue weighted by Crippen LogP contribution is -1.25. The van der Waals surface area contributed by atoms with E-state index in [1.165, 1.54) is 0 Å². The van der Waals surface area contributed by atoms with E-state index in [0.29, 0.717) is 0 Å². The second-order valence-corrected chi connectivity index (χ2v) is 0.650. The average Bonchev–Trinajstić information content (AvgIpc) is 1.92. The van der Waals surface area contributed by atoms with Gasteiger partial charge in [-0.3, -0.25) is 0 Å². The Kier molecular flexibility index (Phi) is 270. The van der Waals surface area contributed by atoms with Crippen molar-refractivity contribution in [3.05, 3.63) is 38.5 Å². The summed E-state index contributed by atoms with van der Waals surface area (Å²) in [6, 6.07) is 0. The SMILES string of the molecule is C=CO.C=CO.C=CO.N=C=O. The molecule has 0 rings (SSSR count). The molecule has 0 aromatic heterocycles. The predicted octanol–water partition coefficient (Wildman–Crippen LogP) is 1.96. The number of aliphatic hydroxyl groups is 3. The van der Waals surface area contributed by atoms with Gasteiger partial charge in [0.1, 0.15) is 0 Å². The highest BCUT2D eigenvalue weighted by Crippen LogP contribution is 1.26. The monoisotopic (exact) mass is 175 g/mol. The van der Waals surface area contributed by atoms with Crippen LogP contribution in [0.1, 0.15) is 0 Å². The van der Waals surface area contributed by atoms with Gasteiger partial charge in [-0.1, -0.05) is 19.7 Å². The Morgan fingerprint density at radius 3 is 1.00 bits per heavy atom. The van der Waals surface area contributed by atoms with E-state index >= 15 is 0 Å². The van der Waals surface area contributed by atoms with Crippen LogP contribution < -0.4 is 0 Å². The van der Waals surface area contributed by atoms with Crippen LogP contribution in [0.3, 0.4) is 0 Å². The fourth-order valence-corrected chi connectivity index (χ4v) is 0. The summed E-state index contributed by atoms with van der Waals surface area (Å²) in [5.41, 5.74) is 0. The Balaban J connectivity index is -0.0000000356. The highest BCUT2D eigenvalue weighted by atomic mass is 16.2. The molecule has 5 heteroatoms. The van der Waals surface area contributed by atoms with Crippen LogP contribution in [0.5, 0.6) is 0 Å². The summed E-state index contributed by atoms with van der Waals surface area (Å²) in [5, 5.41) is 27.4. The number of aliphatic hydroxyl groups excluding tert-OH is 3. The third-order valence-electron chi connectivity index (χ3n) is 0. The van der Waals surface area contributed by atoms with Crippen molar-refractivity contribution in [1.82, 2.24) is 0 Å². The van der Waals surface area contributed by atoms with Crippen LogP contribution in [0.2, 0.25) is 0 Å². The molecular weight excluding hydrogens is 162 g/mol. The van der Waals surface area contributed by atoms with Gasteiger partial charge >= 0.3 is 0 Å². The summed E-state index contributed by atoms with van der Waals surface area (Å²) in [7, 11) is 0. The van der Waals surface area contributed by atoms with Gasteiger partial charge in [0.05, 0.1) is 18.8 Å². The fraction of sp³-hybridized carbons (Fsp3) is 0. The van der Waals surface area contributed by atoms with Gasteiger partial charge in [0, 0.05) is 0 Å². The van der Waals surface area contributed by atoms with Crippen molar-refractivity contribution < 1.29 is 20.1 Å². The molecule has 0 atom stereocenters. The van der Waals surface area contributed by atoms with Gasteiger partial charge < -0.3 is 15.3 Å². The predicted molar refractivity (Wildman–Crippen MR) is 46.9 cm³/mol. The van der Waals surface area contributed by atoms with Gasteiger partial charge in [-0.2, -0.15) is 0 Å². The minimum absolute atomic E-state index is 0.750. The Labute approximate surface area is 71.1 Å². The minimum Gasteiger partial charge on any atom is -0.516 e. The van der Waals surface area contributed by atoms with Crippen molar-refractivity contribution in [3.8, 4) is 0 Å². The maximum absolute atomic E-state index is 8.35. The van der Waals surface area contributed by atoms with Crippen molar-refractivity contribution in [3.63, 3.8) is 0 Å². The molecule has 12 heavy (non-hydrogen) atoms. The molecule has 0 saturated heterocycles. The minimum atomic E-state index is 0.750. The zero-order chi connectivity index (χ0) is 10.8. The van der Waals surface area contributed by atoms with Gasteiger partial charge in [-0.05, 0) is 0 Å². The van der Waals surface area contributed by atoms with Crippen molar-refractivity contribution in [2.75, 3.05) is 0 Å². The first-order valence-electron chi connectivity index (χ1n) is 2.45. The standard InChI is InChI=1S/3C2H4O.CHNO/c3*1-2-3;2-1-3/h3*2-3H,1H2;2H. The molecule has 0 bridgehead atoms. The van der Waals surface area contributed by atoms with Crippen LogP contribution in [0.15, 0.2) is 38.5 Å². The molecule has 0 aromatic rings. The quantitative estimate of drug-likeness (QED) is 0.257. The summed E-state index contributed by atoms with van der Waals surface area (Å²) in [4.78, 5) is 8.35. The van der Waals surface area contributed by atoms with Gasteiger partial charge in [0.15, 0.2) is 0 Å². The first-order valence-corrected chi connectivity index (χ1v) is 2.45. The summed E-state index contributed by atoms with van der Waals surface area (Å²) in [5.74, 6) is 0. The molecule has 0 radical (unpaired) electrons. The van der Waals surface area contributed by atoms with E-state index in [1.807, 2.05) is 0 Å². The fourth-order valence-electron chi connectivity index (χ4n) is 0. The van der Waals surface area contributed by atoms with Gasteiger partial charge in [0.25, 0.3) is 0 Å². The van der Waals surface area contributed by atoms with Crippen LogP contribution in [-0.2, 0) is 4.79 Å². The van der Waals surface area contributed by atoms with E-state index in [1.54, 1.807) is 0 Å². The van der Waals surface area contributed by atoms with Gasteiger partial charge in [-0.25, -0.2) is 10.2 Å². The van der Waals surface area contributed by atoms with E-state index in [2.05, 4.69) is 19.7 Å². The maximum atomic E-state index is 8.35. The lowest BCUT2D eigenvalue weighted by molar-refractivity contribution is 0.475. The molecule has 0 heterocycles. The van der Waals surface area contributed by atoms with E-state index in [4.69, 9.17) is 25.5 Å². The first kappa shape index (κ1) is 22.5. The summed E-state index contributed by atoms with van der Waals surface area (Å²) in [6.45, 7) is 8.75. The number of rotatable bonds is 0. The molecule has 0 unspecified atom stereocenters. The number of carbonyl (C=O) groups excluding carboxylic acids is 1. The molecule has 0 saturated carbocycles. The molecule has 0 amide bonds. The van der Waals surface area contributed by atoms with Crippen LogP contribution in [0.4, 0.5) is 0 Å². The topological polar surface area (TPSA) is 102 Å². The van der Waals surface area contributed by atoms with Crippen LogP contribution >= 0.6 is 0 Å². The lowest BCUT2D eigenvalue weighted by atomic mass is 11.2. The van der Waals surface area contributed by atoms with Gasteiger partial charge in [-0.15, -0.1) is 0 Å². The van der Waals surface area contributed by atoms with E-state index in [9.17, 15) is 0 Å². The Bertz CT molecular complexity index is 102. The molecule has 0 aliphatic rings. The Morgan fingerprint density at radius 1 is 1.00 bits per heavy atom. The zero-order valence-electron chi connectivity index (χ0n) is 6.60. The number of hydrogen-bond donors (Lipinski definition) is 4. The van der Waals surface area contributed by atoms with Crippen molar-refractivity contribution >= 4 is 6.08 Å². The number of hydrogen-bond acceptors (Lipinski definition) is 5. The third-order valence-corrected chi connectivity index (χ3v) is 0. The molecule has 0 aliphatic carbocycles. The Morgan fingerprint density at radius 2 is 1.00 bits per heavy atom. The molecule has 4 N–H and O–H groups in total. The van der Waals surface area contributed by atoms with Crippen LogP contribution in [-0.4, -0.2) is 21.4 Å². The summed E-state index contributed by atoms with van der Waals surface area (Å²) in [6.07, 6.45) is 3.00. The molecule has 0 fully saturated rings. The lowest BCUT2D eigenvalue weighted by Gasteiger charge is -1.41. The summed E-state index contributed by atoms with van der Waals surface area (Å²) >= 11 is 0. The smallest absolute Gasteiger partial charge is 0.231 e. The molecule has 0 aliphatic heterocycles. The largest absolute Gasteiger partial charge is 0.516 e. The van der Waals surface area contributed by atoms with Crippen LogP contribution in [0.25, 0.3) is 0 Å². The Hall–Kier alpha value is -2.00. The van der Waals surface area contributed by atoms with Crippen molar-refractivity contribution in [2.45, 2.75) is 0 Å². The van der Waals surface area contributed by atoms with E-state index in [-0.39, 0.29) is 0 Å². The van der Waals surface area contributed by atoms with E-state index in [0.717, 1.165) is 24.9 Å². The van der Waals surface area contributed by atoms with Gasteiger partial charge in [0.2, 0.25) is 6.08 Å². The molecule has 0 aromatic carbocycles. The zero-order valence-corrected chi connectivity index (χ0v) is 6.60. The molecule has 70 valence electrons. The van der Waals surface area contributed by atoms with Crippen LogP contribution in [0, 0.1) is 5.41 Å². The number of isocyanates is 1. The van der Waals surface area contributed by atoms with E-state index < -0.39 is 0 Å². The highest BCUT2D eigenvalue weighted by molar-refractivity contribution is 5.26. The normalized spacial score (nSPS) is 3.67. The highest BCUT2D eigenvalue weighted by Gasteiger charge is 1.12. The second kappa shape index (κ2) is 144. The molecular formula is C7H13NO4. The molecule has 5 nitrogen and oxygen atoms in total. The third kappa shape index (κ3) is 98.0. The first-order chi connectivity index (χ1) is 5.66. The molecule has 0 spiro atoms.